The van der Waals surface area contributed by atoms with Crippen molar-refractivity contribution >= 4 is 5.82 Å². The van der Waals surface area contributed by atoms with Gasteiger partial charge in [0, 0.05) is 19.1 Å². The topological polar surface area (TPSA) is 52.5 Å². The predicted octanol–water partition coefficient (Wildman–Crippen LogP) is 0.643. The molecule has 0 aromatic carbocycles. The Kier molecular flexibility index (Phi) is 3.43. The van der Waals surface area contributed by atoms with Crippen molar-refractivity contribution in [3.63, 3.8) is 0 Å². The van der Waals surface area contributed by atoms with Gasteiger partial charge in [-0.15, -0.1) is 5.10 Å². The van der Waals surface area contributed by atoms with E-state index in [0.29, 0.717) is 11.7 Å². The number of aliphatic hydroxyl groups excluding tert-OH is 1. The third-order valence-corrected chi connectivity index (χ3v) is 4.01. The molecule has 2 fully saturated rings. The Morgan fingerprint density at radius 1 is 1.17 bits per heavy atom. The molecule has 1 aromatic rings. The van der Waals surface area contributed by atoms with Crippen LogP contribution in [-0.4, -0.2) is 52.4 Å². The third kappa shape index (κ3) is 2.33. The van der Waals surface area contributed by atoms with E-state index < -0.39 is 0 Å². The lowest BCUT2D eigenvalue weighted by Crippen LogP contribution is -2.35. The van der Waals surface area contributed by atoms with Gasteiger partial charge < -0.3 is 10.0 Å². The van der Waals surface area contributed by atoms with Crippen LogP contribution in [0.3, 0.4) is 0 Å². The highest BCUT2D eigenvalue weighted by molar-refractivity contribution is 5.39. The minimum Gasteiger partial charge on any atom is -0.390 e. The summed E-state index contributed by atoms with van der Waals surface area (Å²) in [5.74, 6) is 0.939. The summed E-state index contributed by atoms with van der Waals surface area (Å²) in [5, 5.41) is 17.2. The summed E-state index contributed by atoms with van der Waals surface area (Å²) in [6, 6.07) is 4.50. The third-order valence-electron chi connectivity index (χ3n) is 4.01. The van der Waals surface area contributed by atoms with Gasteiger partial charge in [0.2, 0.25) is 0 Å². The Morgan fingerprint density at radius 2 is 2.00 bits per heavy atom. The van der Waals surface area contributed by atoms with Crippen LogP contribution < -0.4 is 4.90 Å². The molecule has 0 bridgehead atoms. The first-order chi connectivity index (χ1) is 8.86. The van der Waals surface area contributed by atoms with Crippen molar-refractivity contribution in [1.29, 1.82) is 0 Å². The van der Waals surface area contributed by atoms with Crippen molar-refractivity contribution in [3.05, 3.63) is 17.8 Å². The Hall–Kier alpha value is -1.20. The van der Waals surface area contributed by atoms with Crippen LogP contribution in [0, 0.1) is 0 Å². The van der Waals surface area contributed by atoms with E-state index >= 15 is 0 Å². The monoisotopic (exact) mass is 248 g/mol. The van der Waals surface area contributed by atoms with E-state index in [-0.39, 0.29) is 6.61 Å². The molecule has 2 aliphatic heterocycles. The number of rotatable bonds is 3. The summed E-state index contributed by atoms with van der Waals surface area (Å²) in [7, 11) is 0. The fraction of sp³-hybridized carbons (Fsp3) is 0.692. The molecule has 5 heteroatoms. The van der Waals surface area contributed by atoms with Crippen molar-refractivity contribution in [2.75, 3.05) is 31.1 Å². The second kappa shape index (κ2) is 5.20. The highest BCUT2D eigenvalue weighted by Gasteiger charge is 2.29. The van der Waals surface area contributed by atoms with E-state index in [4.69, 9.17) is 5.11 Å². The summed E-state index contributed by atoms with van der Waals surface area (Å²) in [4.78, 5) is 4.91. The number of aromatic nitrogens is 2. The second-order valence-electron chi connectivity index (χ2n) is 5.17. The maximum atomic E-state index is 8.96. The Morgan fingerprint density at radius 3 is 2.67 bits per heavy atom. The SMILES string of the molecule is OCc1ccc(N2CCC(N3CCCC3)C2)nn1. The maximum Gasteiger partial charge on any atom is 0.151 e. The molecule has 0 aliphatic carbocycles. The molecule has 0 radical (unpaired) electrons. The number of likely N-dealkylation sites (tertiary alicyclic amines) is 1. The van der Waals surface area contributed by atoms with Gasteiger partial charge in [-0.25, -0.2) is 0 Å². The zero-order chi connectivity index (χ0) is 12.4. The Bertz CT molecular complexity index is 388. The first-order valence-electron chi connectivity index (χ1n) is 6.79. The lowest BCUT2D eigenvalue weighted by molar-refractivity contribution is 0.260. The lowest BCUT2D eigenvalue weighted by atomic mass is 10.2. The molecule has 5 nitrogen and oxygen atoms in total. The number of anilines is 1. The van der Waals surface area contributed by atoms with Gasteiger partial charge in [-0.3, -0.25) is 4.90 Å². The highest BCUT2D eigenvalue weighted by atomic mass is 16.3. The van der Waals surface area contributed by atoms with Crippen LogP contribution in [0.5, 0.6) is 0 Å². The van der Waals surface area contributed by atoms with Crippen LogP contribution in [-0.2, 0) is 6.61 Å². The standard InChI is InChI=1S/C13H20N4O/c18-10-11-3-4-13(15-14-11)17-8-5-12(9-17)16-6-1-2-7-16/h3-4,12,18H,1-2,5-10H2. The maximum absolute atomic E-state index is 8.96. The van der Waals surface area contributed by atoms with Crippen molar-refractivity contribution in [2.24, 2.45) is 0 Å². The first kappa shape index (κ1) is 11.9. The van der Waals surface area contributed by atoms with Crippen molar-refractivity contribution in [1.82, 2.24) is 15.1 Å². The van der Waals surface area contributed by atoms with E-state index in [1.807, 2.05) is 12.1 Å². The second-order valence-corrected chi connectivity index (χ2v) is 5.17. The number of aliphatic hydroxyl groups is 1. The van der Waals surface area contributed by atoms with Gasteiger partial charge in [-0.05, 0) is 44.5 Å². The molecule has 0 spiro atoms. The van der Waals surface area contributed by atoms with Crippen LogP contribution in [0.15, 0.2) is 12.1 Å². The van der Waals surface area contributed by atoms with E-state index in [9.17, 15) is 0 Å². The molecular formula is C13H20N4O. The minimum absolute atomic E-state index is 0.0380. The molecule has 98 valence electrons. The molecule has 1 unspecified atom stereocenters. The van der Waals surface area contributed by atoms with Crippen LogP contribution in [0.4, 0.5) is 5.82 Å². The van der Waals surface area contributed by atoms with Gasteiger partial charge in [-0.2, -0.15) is 5.10 Å². The van der Waals surface area contributed by atoms with Gasteiger partial charge in [0.1, 0.15) is 0 Å². The molecule has 1 N–H and O–H groups in total. The quantitative estimate of drug-likeness (QED) is 0.851. The van der Waals surface area contributed by atoms with E-state index in [1.54, 1.807) is 0 Å². The van der Waals surface area contributed by atoms with Crippen molar-refractivity contribution < 1.29 is 5.11 Å². The zero-order valence-corrected chi connectivity index (χ0v) is 10.6. The Balaban J connectivity index is 1.63. The first-order valence-corrected chi connectivity index (χ1v) is 6.79. The molecule has 18 heavy (non-hydrogen) atoms. The van der Waals surface area contributed by atoms with Gasteiger partial charge >= 0.3 is 0 Å². The van der Waals surface area contributed by atoms with Crippen LogP contribution >= 0.6 is 0 Å². The van der Waals surface area contributed by atoms with Crippen LogP contribution in [0.1, 0.15) is 25.0 Å². The molecular weight excluding hydrogens is 228 g/mol. The van der Waals surface area contributed by atoms with Gasteiger partial charge in [0.15, 0.2) is 5.82 Å². The fourth-order valence-electron chi connectivity index (χ4n) is 2.96. The number of hydrogen-bond donors (Lipinski definition) is 1. The van der Waals surface area contributed by atoms with Gasteiger partial charge in [0.05, 0.1) is 12.3 Å². The summed E-state index contributed by atoms with van der Waals surface area (Å²) in [6.45, 7) is 4.60. The molecule has 1 atom stereocenters. The van der Waals surface area contributed by atoms with E-state index in [2.05, 4.69) is 20.0 Å². The Labute approximate surface area is 107 Å². The molecule has 2 saturated heterocycles. The van der Waals surface area contributed by atoms with Gasteiger partial charge in [-0.1, -0.05) is 0 Å². The van der Waals surface area contributed by atoms with Crippen LogP contribution in [0.2, 0.25) is 0 Å². The van der Waals surface area contributed by atoms with Crippen LogP contribution in [0.25, 0.3) is 0 Å². The van der Waals surface area contributed by atoms with E-state index in [0.717, 1.165) is 18.9 Å². The molecule has 2 aliphatic rings. The van der Waals surface area contributed by atoms with Gasteiger partial charge in [0.25, 0.3) is 0 Å². The van der Waals surface area contributed by atoms with Crippen molar-refractivity contribution in [3.8, 4) is 0 Å². The summed E-state index contributed by atoms with van der Waals surface area (Å²) < 4.78 is 0. The summed E-state index contributed by atoms with van der Waals surface area (Å²) in [6.07, 6.45) is 3.92. The number of nitrogens with zero attached hydrogens (tertiary/aromatic N) is 4. The molecule has 0 amide bonds. The normalized spacial score (nSPS) is 24.9. The average Bonchev–Trinajstić information content (AvgIpc) is 3.09. The summed E-state index contributed by atoms with van der Waals surface area (Å²) >= 11 is 0. The molecule has 0 saturated carbocycles. The average molecular weight is 248 g/mol. The molecule has 3 rings (SSSR count). The summed E-state index contributed by atoms with van der Waals surface area (Å²) in [5.41, 5.74) is 0.633. The van der Waals surface area contributed by atoms with Crippen molar-refractivity contribution in [2.45, 2.75) is 31.9 Å². The fourth-order valence-corrected chi connectivity index (χ4v) is 2.96. The lowest BCUT2D eigenvalue weighted by Gasteiger charge is -2.23. The largest absolute Gasteiger partial charge is 0.390 e. The number of hydrogen-bond acceptors (Lipinski definition) is 5. The highest BCUT2D eigenvalue weighted by Crippen LogP contribution is 2.23. The predicted molar refractivity (Wildman–Crippen MR) is 69.4 cm³/mol. The van der Waals surface area contributed by atoms with E-state index in [1.165, 1.54) is 32.4 Å². The smallest absolute Gasteiger partial charge is 0.151 e. The molecule has 1 aromatic heterocycles. The minimum atomic E-state index is -0.0380. The zero-order valence-electron chi connectivity index (χ0n) is 10.6. The molecule has 3 heterocycles.